The van der Waals surface area contributed by atoms with Crippen LogP contribution in [-0.4, -0.2) is 17.1 Å². The summed E-state index contributed by atoms with van der Waals surface area (Å²) in [4.78, 5) is 8.66. The van der Waals surface area contributed by atoms with Crippen LogP contribution in [0, 0.1) is 17.2 Å². The zero-order valence-electron chi connectivity index (χ0n) is 14.0. The van der Waals surface area contributed by atoms with Crippen molar-refractivity contribution < 1.29 is 9.15 Å². The van der Waals surface area contributed by atoms with Gasteiger partial charge in [0.05, 0.1) is 36.0 Å². The topological polar surface area (TPSA) is 71.9 Å². The molecule has 0 spiro atoms. The lowest BCUT2D eigenvalue weighted by Crippen LogP contribution is -1.98. The number of methoxy groups -OCH3 is 1. The average Bonchev–Trinajstić information content (AvgIpc) is 3.12. The van der Waals surface area contributed by atoms with Crippen LogP contribution in [-0.2, 0) is 6.42 Å². The van der Waals surface area contributed by atoms with Gasteiger partial charge in [0.25, 0.3) is 0 Å². The highest BCUT2D eigenvalue weighted by Gasteiger charge is 2.15. The molecule has 0 saturated carbocycles. The van der Waals surface area contributed by atoms with Crippen LogP contribution >= 0.6 is 0 Å². The maximum Gasteiger partial charge on any atom is 0.181 e. The Labute approximate surface area is 140 Å². The van der Waals surface area contributed by atoms with Crippen LogP contribution in [0.15, 0.2) is 35.2 Å². The first-order valence-corrected chi connectivity index (χ1v) is 7.93. The van der Waals surface area contributed by atoms with E-state index >= 15 is 0 Å². The number of aromatic nitrogens is 2. The number of nitriles is 1. The van der Waals surface area contributed by atoms with E-state index in [2.05, 4.69) is 24.9 Å². The van der Waals surface area contributed by atoms with Gasteiger partial charge in [0.2, 0.25) is 0 Å². The molecule has 0 N–H and O–H groups in total. The number of oxazole rings is 1. The highest BCUT2D eigenvalue weighted by atomic mass is 16.5. The molecule has 0 radical (unpaired) electrons. The van der Waals surface area contributed by atoms with Crippen LogP contribution in [0.2, 0.25) is 0 Å². The van der Waals surface area contributed by atoms with Crippen molar-refractivity contribution in [2.24, 2.45) is 5.92 Å². The zero-order chi connectivity index (χ0) is 17.1. The molecule has 0 fully saturated rings. The fraction of sp³-hybridized carbons (Fsp3) is 0.316. The lowest BCUT2D eigenvalue weighted by Gasteiger charge is -2.11. The molecule has 1 aromatic carbocycles. The number of rotatable bonds is 5. The quantitative estimate of drug-likeness (QED) is 0.698. The van der Waals surface area contributed by atoms with Gasteiger partial charge in [-0.25, -0.2) is 4.98 Å². The van der Waals surface area contributed by atoms with Gasteiger partial charge in [-0.15, -0.1) is 0 Å². The molecule has 2 aromatic heterocycles. The van der Waals surface area contributed by atoms with Crippen molar-refractivity contribution in [1.29, 1.82) is 5.26 Å². The Hall–Kier alpha value is -2.87. The van der Waals surface area contributed by atoms with Crippen LogP contribution in [0.4, 0.5) is 0 Å². The Balaban J connectivity index is 2.16. The highest BCUT2D eigenvalue weighted by molar-refractivity contribution is 5.91. The van der Waals surface area contributed by atoms with E-state index in [4.69, 9.17) is 14.1 Å². The fourth-order valence-corrected chi connectivity index (χ4v) is 2.68. The summed E-state index contributed by atoms with van der Waals surface area (Å²) in [5, 5.41) is 10.3. The monoisotopic (exact) mass is 321 g/mol. The van der Waals surface area contributed by atoms with Gasteiger partial charge in [-0.2, -0.15) is 5.26 Å². The Morgan fingerprint density at radius 2 is 2.12 bits per heavy atom. The molecule has 0 aliphatic rings. The molecule has 3 rings (SSSR count). The zero-order valence-corrected chi connectivity index (χ0v) is 14.0. The van der Waals surface area contributed by atoms with E-state index < -0.39 is 0 Å². The smallest absolute Gasteiger partial charge is 0.181 e. The van der Waals surface area contributed by atoms with Crippen LogP contribution in [0.25, 0.3) is 22.2 Å². The molecule has 5 nitrogen and oxygen atoms in total. The number of fused-ring (bicyclic) bond motifs is 1. The Morgan fingerprint density at radius 1 is 1.29 bits per heavy atom. The van der Waals surface area contributed by atoms with Crippen molar-refractivity contribution >= 4 is 10.9 Å². The summed E-state index contributed by atoms with van der Waals surface area (Å²) in [5.41, 5.74) is 3.06. The molecule has 122 valence electrons. The average molecular weight is 321 g/mol. The number of nitrogens with zero attached hydrogens (tertiary/aromatic N) is 3. The van der Waals surface area contributed by atoms with Crippen molar-refractivity contribution in [3.05, 3.63) is 42.0 Å². The standard InChI is InChI=1S/C19H19N3O2/c1-12(2)4-5-14-6-13(9-20)15-7-16(19-10-21-11-24-19)18(23-3)8-17(15)22-14/h6-8,10-12H,4-5H2,1-3H3. The first-order valence-electron chi connectivity index (χ1n) is 7.93. The molecule has 3 aromatic rings. The number of aryl methyl sites for hydroxylation is 1. The molecule has 0 aliphatic heterocycles. The van der Waals surface area contributed by atoms with E-state index in [1.807, 2.05) is 18.2 Å². The van der Waals surface area contributed by atoms with Crippen molar-refractivity contribution in [3.8, 4) is 23.1 Å². The SMILES string of the molecule is COc1cc2nc(CCC(C)C)cc(C#N)c2cc1-c1cnco1. The third-order valence-corrected chi connectivity index (χ3v) is 3.98. The first kappa shape index (κ1) is 16.0. The van der Waals surface area contributed by atoms with Gasteiger partial charge in [0, 0.05) is 17.1 Å². The molecule has 2 heterocycles. The van der Waals surface area contributed by atoms with E-state index in [9.17, 15) is 5.26 Å². The molecule has 0 saturated heterocycles. The molecule has 0 amide bonds. The second kappa shape index (κ2) is 6.71. The summed E-state index contributed by atoms with van der Waals surface area (Å²) in [6.45, 7) is 4.36. The normalized spacial score (nSPS) is 11.0. The summed E-state index contributed by atoms with van der Waals surface area (Å²) in [7, 11) is 1.61. The van der Waals surface area contributed by atoms with Gasteiger partial charge in [0.1, 0.15) is 5.75 Å². The molecular weight excluding hydrogens is 302 g/mol. The number of benzene rings is 1. The Kier molecular flexibility index (Phi) is 4.48. The number of pyridine rings is 1. The van der Waals surface area contributed by atoms with Crippen LogP contribution in [0.3, 0.4) is 0 Å². The minimum absolute atomic E-state index is 0.594. The van der Waals surface area contributed by atoms with Crippen molar-refractivity contribution in [1.82, 2.24) is 9.97 Å². The van der Waals surface area contributed by atoms with Gasteiger partial charge in [-0.1, -0.05) is 13.8 Å². The Bertz CT molecular complexity index is 893. The minimum Gasteiger partial charge on any atom is -0.496 e. The molecule has 0 unspecified atom stereocenters. The fourth-order valence-electron chi connectivity index (χ4n) is 2.68. The van der Waals surface area contributed by atoms with E-state index in [0.717, 1.165) is 35.0 Å². The number of hydrogen-bond acceptors (Lipinski definition) is 5. The largest absolute Gasteiger partial charge is 0.496 e. The minimum atomic E-state index is 0.594. The van der Waals surface area contributed by atoms with Gasteiger partial charge < -0.3 is 9.15 Å². The maximum absolute atomic E-state index is 9.54. The van der Waals surface area contributed by atoms with Gasteiger partial charge >= 0.3 is 0 Å². The van der Waals surface area contributed by atoms with Gasteiger partial charge in [-0.3, -0.25) is 4.98 Å². The third kappa shape index (κ3) is 3.09. The molecule has 0 bridgehead atoms. The molecular formula is C19H19N3O2. The van der Waals surface area contributed by atoms with Crippen LogP contribution in [0.5, 0.6) is 5.75 Å². The van der Waals surface area contributed by atoms with E-state index in [0.29, 0.717) is 23.0 Å². The van der Waals surface area contributed by atoms with Crippen LogP contribution < -0.4 is 4.74 Å². The molecule has 24 heavy (non-hydrogen) atoms. The lowest BCUT2D eigenvalue weighted by atomic mass is 10.0. The summed E-state index contributed by atoms with van der Waals surface area (Å²) < 4.78 is 10.9. The predicted octanol–water partition coefficient (Wildman–Crippen LogP) is 4.36. The summed E-state index contributed by atoms with van der Waals surface area (Å²) in [6, 6.07) is 7.89. The summed E-state index contributed by atoms with van der Waals surface area (Å²) in [5.74, 6) is 1.84. The van der Waals surface area contributed by atoms with Gasteiger partial charge in [0.15, 0.2) is 12.2 Å². The van der Waals surface area contributed by atoms with Crippen molar-refractivity contribution in [2.45, 2.75) is 26.7 Å². The van der Waals surface area contributed by atoms with Crippen LogP contribution in [0.1, 0.15) is 31.5 Å². The third-order valence-electron chi connectivity index (χ3n) is 3.98. The van der Waals surface area contributed by atoms with Gasteiger partial charge in [-0.05, 0) is 30.9 Å². The second-order valence-corrected chi connectivity index (χ2v) is 6.14. The van der Waals surface area contributed by atoms with E-state index in [-0.39, 0.29) is 0 Å². The van der Waals surface area contributed by atoms with Crippen molar-refractivity contribution in [3.63, 3.8) is 0 Å². The lowest BCUT2D eigenvalue weighted by molar-refractivity contribution is 0.415. The predicted molar refractivity (Wildman–Crippen MR) is 91.7 cm³/mol. The van der Waals surface area contributed by atoms with E-state index in [1.54, 1.807) is 13.3 Å². The number of ether oxygens (including phenoxy) is 1. The summed E-state index contributed by atoms with van der Waals surface area (Å²) >= 11 is 0. The molecule has 0 aliphatic carbocycles. The maximum atomic E-state index is 9.54. The number of hydrogen-bond donors (Lipinski definition) is 0. The van der Waals surface area contributed by atoms with E-state index in [1.165, 1.54) is 6.39 Å². The second-order valence-electron chi connectivity index (χ2n) is 6.14. The molecule has 5 heteroatoms. The Morgan fingerprint density at radius 3 is 2.75 bits per heavy atom. The summed E-state index contributed by atoms with van der Waals surface area (Å²) in [6.07, 6.45) is 4.89. The molecule has 0 atom stereocenters. The first-order chi connectivity index (χ1) is 11.6. The highest BCUT2D eigenvalue weighted by Crippen LogP contribution is 2.34. The van der Waals surface area contributed by atoms with Crippen molar-refractivity contribution in [2.75, 3.05) is 7.11 Å².